The molecule has 112 valence electrons. The van der Waals surface area contributed by atoms with Gasteiger partial charge in [0, 0.05) is 11.1 Å². The lowest BCUT2D eigenvalue weighted by Crippen LogP contribution is -2.23. The van der Waals surface area contributed by atoms with Crippen molar-refractivity contribution in [2.75, 3.05) is 0 Å². The summed E-state index contributed by atoms with van der Waals surface area (Å²) in [6, 6.07) is 6.26. The summed E-state index contributed by atoms with van der Waals surface area (Å²) < 4.78 is 15.5. The van der Waals surface area contributed by atoms with E-state index in [-0.39, 0.29) is 21.6 Å². The highest BCUT2D eigenvalue weighted by Crippen LogP contribution is 2.24. The van der Waals surface area contributed by atoms with E-state index < -0.39 is 11.4 Å². The molecule has 22 heavy (non-hydrogen) atoms. The van der Waals surface area contributed by atoms with E-state index in [0.717, 1.165) is 0 Å². The molecule has 1 aromatic carbocycles. The summed E-state index contributed by atoms with van der Waals surface area (Å²) in [5.41, 5.74) is 0.916. The molecule has 0 aliphatic rings. The van der Waals surface area contributed by atoms with Crippen molar-refractivity contribution in [3.8, 4) is 5.69 Å². The number of halogens is 3. The summed E-state index contributed by atoms with van der Waals surface area (Å²) in [5, 5.41) is 0.349. The van der Waals surface area contributed by atoms with Gasteiger partial charge in [-0.1, -0.05) is 23.7 Å². The van der Waals surface area contributed by atoms with Crippen LogP contribution >= 0.6 is 23.2 Å². The summed E-state index contributed by atoms with van der Waals surface area (Å²) in [4.78, 5) is 20.5. The third kappa shape index (κ3) is 2.26. The number of hydrogen-bond donors (Lipinski definition) is 0. The van der Waals surface area contributed by atoms with Gasteiger partial charge < -0.3 is 0 Å². The number of benzene rings is 1. The molecular formula is C15H10Cl2FN3O. The molecule has 3 rings (SSSR count). The molecule has 0 saturated heterocycles. The number of aromatic nitrogens is 3. The Hall–Kier alpha value is -1.98. The zero-order chi connectivity index (χ0) is 16.0. The molecule has 0 bridgehead atoms. The van der Waals surface area contributed by atoms with Crippen molar-refractivity contribution in [1.29, 1.82) is 0 Å². The number of fused-ring (bicyclic) bond motifs is 1. The summed E-state index contributed by atoms with van der Waals surface area (Å²) in [6.45, 7) is 3.42. The molecule has 0 fully saturated rings. The molecule has 2 heterocycles. The Kier molecular flexibility index (Phi) is 3.62. The van der Waals surface area contributed by atoms with Gasteiger partial charge in [0.2, 0.25) is 5.28 Å². The molecule has 0 aliphatic carbocycles. The quantitative estimate of drug-likeness (QED) is 0.500. The van der Waals surface area contributed by atoms with Crippen LogP contribution in [0.4, 0.5) is 4.39 Å². The second-order valence-corrected chi connectivity index (χ2v) is 5.57. The largest absolute Gasteiger partial charge is 0.282 e. The lowest BCUT2D eigenvalue weighted by molar-refractivity contribution is 0.613. The minimum Gasteiger partial charge on any atom is -0.276 e. The summed E-state index contributed by atoms with van der Waals surface area (Å²) in [6.07, 6.45) is 0. The first kappa shape index (κ1) is 14.9. The predicted octanol–water partition coefficient (Wildman–Crippen LogP) is 3.84. The fourth-order valence-electron chi connectivity index (χ4n) is 2.43. The van der Waals surface area contributed by atoms with Gasteiger partial charge in [-0.2, -0.15) is 0 Å². The Bertz CT molecular complexity index is 949. The first-order valence-corrected chi connectivity index (χ1v) is 7.16. The highest BCUT2D eigenvalue weighted by Gasteiger charge is 2.17. The van der Waals surface area contributed by atoms with Crippen LogP contribution in [0, 0.1) is 19.7 Å². The Morgan fingerprint density at radius 3 is 2.59 bits per heavy atom. The maximum atomic E-state index is 14.2. The van der Waals surface area contributed by atoms with Crippen molar-refractivity contribution in [3.05, 3.63) is 62.1 Å². The minimum absolute atomic E-state index is 0.0539. The lowest BCUT2D eigenvalue weighted by atomic mass is 10.1. The summed E-state index contributed by atoms with van der Waals surface area (Å²) in [7, 11) is 0. The van der Waals surface area contributed by atoms with E-state index in [2.05, 4.69) is 9.97 Å². The number of nitrogens with zero attached hydrogens (tertiary/aromatic N) is 3. The number of para-hydroxylation sites is 1. The summed E-state index contributed by atoms with van der Waals surface area (Å²) in [5.74, 6) is -0.490. The third-order valence-corrected chi connectivity index (χ3v) is 3.85. The van der Waals surface area contributed by atoms with Gasteiger partial charge in [-0.05, 0) is 43.1 Å². The van der Waals surface area contributed by atoms with Crippen LogP contribution in [0.5, 0.6) is 0 Å². The van der Waals surface area contributed by atoms with Crippen LogP contribution in [0.25, 0.3) is 16.6 Å². The van der Waals surface area contributed by atoms with Crippen molar-refractivity contribution in [1.82, 2.24) is 14.5 Å². The summed E-state index contributed by atoms with van der Waals surface area (Å²) >= 11 is 11.8. The smallest absolute Gasteiger partial charge is 0.276 e. The first-order chi connectivity index (χ1) is 10.4. The van der Waals surface area contributed by atoms with Crippen LogP contribution in [0.3, 0.4) is 0 Å². The molecule has 2 aromatic heterocycles. The van der Waals surface area contributed by atoms with Crippen molar-refractivity contribution < 1.29 is 4.39 Å². The number of hydrogen-bond acceptors (Lipinski definition) is 3. The fourth-order valence-corrected chi connectivity index (χ4v) is 2.87. The van der Waals surface area contributed by atoms with E-state index in [1.165, 1.54) is 10.6 Å². The van der Waals surface area contributed by atoms with Gasteiger partial charge in [0.05, 0.1) is 5.69 Å². The highest BCUT2D eigenvalue weighted by atomic mass is 35.5. The van der Waals surface area contributed by atoms with Crippen molar-refractivity contribution >= 4 is 34.1 Å². The molecule has 4 nitrogen and oxygen atoms in total. The topological polar surface area (TPSA) is 47.8 Å². The molecule has 3 aromatic rings. The Morgan fingerprint density at radius 1 is 1.18 bits per heavy atom. The molecule has 0 aliphatic heterocycles. The fraction of sp³-hybridized carbons (Fsp3) is 0.133. The molecule has 0 spiro atoms. The monoisotopic (exact) mass is 337 g/mol. The molecule has 7 heteroatoms. The Labute approximate surface area is 135 Å². The SMILES string of the molecule is Cc1cccc(F)c1-n1c(C)cc2c(Cl)nc(Cl)nc2c1=O. The molecule has 0 atom stereocenters. The Morgan fingerprint density at radius 2 is 1.91 bits per heavy atom. The van der Waals surface area contributed by atoms with Crippen LogP contribution in [0.1, 0.15) is 11.3 Å². The Balaban J connectivity index is 2.49. The average molecular weight is 338 g/mol. The van der Waals surface area contributed by atoms with Crippen molar-refractivity contribution in [2.45, 2.75) is 13.8 Å². The van der Waals surface area contributed by atoms with E-state index in [1.54, 1.807) is 32.0 Å². The normalized spacial score (nSPS) is 11.1. The average Bonchev–Trinajstić information content (AvgIpc) is 2.43. The van der Waals surface area contributed by atoms with E-state index in [9.17, 15) is 9.18 Å². The maximum absolute atomic E-state index is 14.2. The van der Waals surface area contributed by atoms with E-state index >= 15 is 0 Å². The molecule has 0 unspecified atom stereocenters. The van der Waals surface area contributed by atoms with Crippen molar-refractivity contribution in [2.24, 2.45) is 0 Å². The number of pyridine rings is 1. The van der Waals surface area contributed by atoms with Gasteiger partial charge >= 0.3 is 0 Å². The maximum Gasteiger partial charge on any atom is 0.282 e. The van der Waals surface area contributed by atoms with E-state index in [1.807, 2.05) is 0 Å². The second-order valence-electron chi connectivity index (χ2n) is 4.88. The minimum atomic E-state index is -0.491. The van der Waals surface area contributed by atoms with Gasteiger partial charge in [0.25, 0.3) is 5.56 Å². The molecule has 0 radical (unpaired) electrons. The third-order valence-electron chi connectivity index (χ3n) is 3.40. The molecule has 0 N–H and O–H groups in total. The van der Waals surface area contributed by atoms with Gasteiger partial charge in [0.1, 0.15) is 16.5 Å². The van der Waals surface area contributed by atoms with Crippen LogP contribution in [-0.4, -0.2) is 14.5 Å². The van der Waals surface area contributed by atoms with Gasteiger partial charge in [-0.3, -0.25) is 9.36 Å². The standard InChI is InChI=1S/C15H10Cl2FN3O/c1-7-4-3-5-10(18)12(7)21-8(2)6-9-11(14(21)22)19-15(17)20-13(9)16/h3-6H,1-2H3. The molecule has 0 saturated carbocycles. The molecule has 0 amide bonds. The van der Waals surface area contributed by atoms with Crippen LogP contribution in [0.2, 0.25) is 10.4 Å². The highest BCUT2D eigenvalue weighted by molar-refractivity contribution is 6.35. The van der Waals surface area contributed by atoms with E-state index in [4.69, 9.17) is 23.2 Å². The zero-order valence-electron chi connectivity index (χ0n) is 11.7. The van der Waals surface area contributed by atoms with Gasteiger partial charge in [-0.15, -0.1) is 0 Å². The lowest BCUT2D eigenvalue weighted by Gasteiger charge is -2.14. The number of aryl methyl sites for hydroxylation is 2. The zero-order valence-corrected chi connectivity index (χ0v) is 13.2. The van der Waals surface area contributed by atoms with Crippen LogP contribution in [-0.2, 0) is 0 Å². The first-order valence-electron chi connectivity index (χ1n) is 6.41. The predicted molar refractivity (Wildman–Crippen MR) is 84.6 cm³/mol. The van der Waals surface area contributed by atoms with E-state index in [0.29, 0.717) is 16.6 Å². The number of rotatable bonds is 1. The van der Waals surface area contributed by atoms with Gasteiger partial charge in [-0.25, -0.2) is 14.4 Å². The van der Waals surface area contributed by atoms with Crippen molar-refractivity contribution in [3.63, 3.8) is 0 Å². The second kappa shape index (κ2) is 5.34. The molecular weight excluding hydrogens is 328 g/mol. The van der Waals surface area contributed by atoms with Gasteiger partial charge in [0.15, 0.2) is 0 Å². The van der Waals surface area contributed by atoms with Crippen LogP contribution in [0.15, 0.2) is 29.1 Å². The van der Waals surface area contributed by atoms with Crippen LogP contribution < -0.4 is 5.56 Å².